The second-order valence-electron chi connectivity index (χ2n) is 7.69. The number of carbonyl (C=O) groups is 3. The van der Waals surface area contributed by atoms with Crippen LogP contribution >= 0.6 is 0 Å². The Morgan fingerprint density at radius 3 is 2.24 bits per heavy atom. The van der Waals surface area contributed by atoms with Crippen LogP contribution in [0.5, 0.6) is 0 Å². The second kappa shape index (κ2) is 8.90. The molecule has 6 heteroatoms. The first kappa shape index (κ1) is 20.6. The lowest BCUT2D eigenvalue weighted by Crippen LogP contribution is -2.47. The van der Waals surface area contributed by atoms with Crippen molar-refractivity contribution in [1.29, 1.82) is 0 Å². The lowest BCUT2D eigenvalue weighted by Gasteiger charge is -2.29. The second-order valence-corrected chi connectivity index (χ2v) is 7.69. The van der Waals surface area contributed by atoms with E-state index in [0.29, 0.717) is 30.0 Å². The predicted molar refractivity (Wildman–Crippen MR) is 112 cm³/mol. The average molecular weight is 393 g/mol. The topological polar surface area (TPSA) is 78.5 Å². The minimum Gasteiger partial charge on any atom is -0.344 e. The van der Waals surface area contributed by atoms with Crippen LogP contribution in [0.25, 0.3) is 0 Å². The predicted octanol–water partition coefficient (Wildman–Crippen LogP) is 3.23. The number of hydrogen-bond acceptors (Lipinski definition) is 3. The highest BCUT2D eigenvalue weighted by Crippen LogP contribution is 2.24. The Kier molecular flexibility index (Phi) is 6.32. The molecule has 0 saturated carbocycles. The molecule has 0 aromatic heterocycles. The zero-order valence-electron chi connectivity index (χ0n) is 17.0. The third kappa shape index (κ3) is 4.83. The van der Waals surface area contributed by atoms with E-state index in [-0.39, 0.29) is 17.7 Å². The number of likely N-dealkylation sites (N-methyl/N-ethyl adjacent to an activating group) is 1. The van der Waals surface area contributed by atoms with Gasteiger partial charge in [-0.25, -0.2) is 0 Å². The van der Waals surface area contributed by atoms with Crippen LogP contribution in [0.3, 0.4) is 0 Å². The lowest BCUT2D eigenvalue weighted by molar-refractivity contribution is -0.139. The van der Waals surface area contributed by atoms with Gasteiger partial charge in [-0.05, 0) is 35.6 Å². The van der Waals surface area contributed by atoms with E-state index in [2.05, 4.69) is 24.5 Å². The quantitative estimate of drug-likeness (QED) is 0.791. The van der Waals surface area contributed by atoms with Crippen molar-refractivity contribution in [2.45, 2.75) is 44.7 Å². The van der Waals surface area contributed by atoms with Gasteiger partial charge in [0.25, 0.3) is 5.91 Å². The number of hydrogen-bond donors (Lipinski definition) is 2. The van der Waals surface area contributed by atoms with E-state index in [4.69, 9.17) is 0 Å². The van der Waals surface area contributed by atoms with Crippen molar-refractivity contribution < 1.29 is 14.4 Å². The minimum absolute atomic E-state index is 0.136. The molecule has 2 N–H and O–H groups in total. The Hall–Kier alpha value is -3.15. The highest BCUT2D eigenvalue weighted by Gasteiger charge is 2.35. The monoisotopic (exact) mass is 393 g/mol. The summed E-state index contributed by atoms with van der Waals surface area (Å²) in [6.07, 6.45) is 0.774. The molecule has 1 aliphatic heterocycles. The van der Waals surface area contributed by atoms with E-state index < -0.39 is 12.1 Å². The van der Waals surface area contributed by atoms with E-state index in [1.165, 1.54) is 10.5 Å². The standard InChI is InChI=1S/C23H27N3O3/c1-15(2)16-9-11-18(12-10-16)24-22(28)21(17-7-5-4-6-8-17)26(3)23(29)19-13-14-20(27)25-19/h4-12,15,19,21H,13-14H2,1-3H3,(H,24,28)(H,25,27)/t19?,21-/m0/s1. The number of nitrogens with one attached hydrogen (secondary N) is 2. The van der Waals surface area contributed by atoms with Crippen LogP contribution in [0.2, 0.25) is 0 Å². The maximum atomic E-state index is 13.2. The average Bonchev–Trinajstić information content (AvgIpc) is 3.15. The molecule has 0 aliphatic carbocycles. The fourth-order valence-corrected chi connectivity index (χ4v) is 3.52. The zero-order chi connectivity index (χ0) is 21.0. The van der Waals surface area contributed by atoms with Crippen LogP contribution in [-0.4, -0.2) is 35.7 Å². The van der Waals surface area contributed by atoms with Gasteiger partial charge in [0.1, 0.15) is 12.1 Å². The molecular formula is C23H27N3O3. The fraction of sp³-hybridized carbons (Fsp3) is 0.348. The van der Waals surface area contributed by atoms with Gasteiger partial charge < -0.3 is 15.5 Å². The van der Waals surface area contributed by atoms with Crippen molar-refractivity contribution >= 4 is 23.4 Å². The van der Waals surface area contributed by atoms with E-state index in [0.717, 1.165) is 0 Å². The van der Waals surface area contributed by atoms with Crippen molar-refractivity contribution in [1.82, 2.24) is 10.2 Å². The first-order chi connectivity index (χ1) is 13.9. The van der Waals surface area contributed by atoms with Crippen LogP contribution in [0.1, 0.15) is 49.8 Å². The molecule has 2 aromatic rings. The molecule has 152 valence electrons. The third-order valence-corrected chi connectivity index (χ3v) is 5.24. The molecule has 0 spiro atoms. The van der Waals surface area contributed by atoms with Gasteiger partial charge in [-0.1, -0.05) is 56.3 Å². The Bertz CT molecular complexity index is 878. The molecular weight excluding hydrogens is 366 g/mol. The molecule has 6 nitrogen and oxygen atoms in total. The summed E-state index contributed by atoms with van der Waals surface area (Å²) >= 11 is 0. The van der Waals surface area contributed by atoms with Crippen molar-refractivity contribution in [3.63, 3.8) is 0 Å². The van der Waals surface area contributed by atoms with Gasteiger partial charge in [0, 0.05) is 19.2 Å². The number of amides is 3. The van der Waals surface area contributed by atoms with Crippen molar-refractivity contribution in [3.8, 4) is 0 Å². The first-order valence-corrected chi connectivity index (χ1v) is 9.88. The molecule has 1 saturated heterocycles. The van der Waals surface area contributed by atoms with Gasteiger partial charge >= 0.3 is 0 Å². The fourth-order valence-electron chi connectivity index (χ4n) is 3.52. The van der Waals surface area contributed by atoms with Crippen molar-refractivity contribution in [2.75, 3.05) is 12.4 Å². The number of nitrogens with zero attached hydrogens (tertiary/aromatic N) is 1. The summed E-state index contributed by atoms with van der Waals surface area (Å²) in [5.74, 6) is -0.298. The van der Waals surface area contributed by atoms with Gasteiger partial charge in [0.2, 0.25) is 11.8 Å². The molecule has 3 rings (SSSR count). The Morgan fingerprint density at radius 2 is 1.69 bits per heavy atom. The van der Waals surface area contributed by atoms with Crippen LogP contribution in [0, 0.1) is 0 Å². The summed E-state index contributed by atoms with van der Waals surface area (Å²) in [6, 6.07) is 15.5. The van der Waals surface area contributed by atoms with Gasteiger partial charge in [-0.3, -0.25) is 14.4 Å². The summed E-state index contributed by atoms with van der Waals surface area (Å²) < 4.78 is 0. The van der Waals surface area contributed by atoms with Gasteiger partial charge in [0.05, 0.1) is 0 Å². The summed E-state index contributed by atoms with van der Waals surface area (Å²) in [5.41, 5.74) is 2.58. The summed E-state index contributed by atoms with van der Waals surface area (Å²) in [4.78, 5) is 39.0. The van der Waals surface area contributed by atoms with Crippen LogP contribution in [0.15, 0.2) is 54.6 Å². The zero-order valence-corrected chi connectivity index (χ0v) is 17.0. The van der Waals surface area contributed by atoms with E-state index in [9.17, 15) is 14.4 Å². The van der Waals surface area contributed by atoms with Crippen LogP contribution in [-0.2, 0) is 14.4 Å². The molecule has 0 bridgehead atoms. The molecule has 2 aromatic carbocycles. The Balaban J connectivity index is 1.82. The lowest BCUT2D eigenvalue weighted by atomic mass is 10.0. The summed E-state index contributed by atoms with van der Waals surface area (Å²) in [7, 11) is 1.60. The van der Waals surface area contributed by atoms with Gasteiger partial charge in [-0.15, -0.1) is 0 Å². The summed E-state index contributed by atoms with van der Waals surface area (Å²) in [5, 5.41) is 5.61. The van der Waals surface area contributed by atoms with Gasteiger partial charge in [-0.2, -0.15) is 0 Å². The van der Waals surface area contributed by atoms with E-state index in [1.807, 2.05) is 54.6 Å². The van der Waals surface area contributed by atoms with Crippen LogP contribution < -0.4 is 10.6 Å². The minimum atomic E-state index is -0.800. The first-order valence-electron chi connectivity index (χ1n) is 9.88. The largest absolute Gasteiger partial charge is 0.344 e. The molecule has 1 fully saturated rings. The smallest absolute Gasteiger partial charge is 0.251 e. The summed E-state index contributed by atoms with van der Waals surface area (Å²) in [6.45, 7) is 4.22. The van der Waals surface area contributed by atoms with Crippen molar-refractivity contribution in [2.24, 2.45) is 0 Å². The van der Waals surface area contributed by atoms with E-state index in [1.54, 1.807) is 7.05 Å². The Morgan fingerprint density at radius 1 is 1.03 bits per heavy atom. The highest BCUT2D eigenvalue weighted by atomic mass is 16.2. The molecule has 29 heavy (non-hydrogen) atoms. The molecule has 1 aliphatic rings. The normalized spacial score (nSPS) is 17.0. The highest BCUT2D eigenvalue weighted by molar-refractivity contribution is 5.99. The Labute approximate surface area is 171 Å². The number of anilines is 1. The molecule has 3 amide bonds. The van der Waals surface area contributed by atoms with Crippen LogP contribution in [0.4, 0.5) is 5.69 Å². The molecule has 0 radical (unpaired) electrons. The maximum Gasteiger partial charge on any atom is 0.251 e. The molecule has 1 heterocycles. The molecule has 2 atom stereocenters. The molecule has 1 unspecified atom stereocenters. The SMILES string of the molecule is CC(C)c1ccc(NC(=O)[C@H](c2ccccc2)N(C)C(=O)C2CCC(=O)N2)cc1. The van der Waals surface area contributed by atoms with Gasteiger partial charge in [0.15, 0.2) is 0 Å². The van der Waals surface area contributed by atoms with E-state index >= 15 is 0 Å². The number of rotatable bonds is 6. The number of carbonyl (C=O) groups excluding carboxylic acids is 3. The van der Waals surface area contributed by atoms with Crippen molar-refractivity contribution in [3.05, 3.63) is 65.7 Å². The third-order valence-electron chi connectivity index (χ3n) is 5.24. The maximum absolute atomic E-state index is 13.2. The number of benzene rings is 2.